The maximum atomic E-state index is 12.6. The second kappa shape index (κ2) is 7.59. The molecule has 0 radical (unpaired) electrons. The molecule has 2 atom stereocenters. The van der Waals surface area contributed by atoms with Crippen molar-refractivity contribution in [2.45, 2.75) is 45.7 Å². The summed E-state index contributed by atoms with van der Waals surface area (Å²) < 4.78 is 6.47. The number of ether oxygens (including phenoxy) is 1. The van der Waals surface area contributed by atoms with E-state index >= 15 is 0 Å². The largest absolute Gasteiger partial charge is 0.383 e. The number of nitrogens with zero attached hydrogens (tertiary/aromatic N) is 3. The van der Waals surface area contributed by atoms with Crippen LogP contribution in [0.4, 0.5) is 5.69 Å². The van der Waals surface area contributed by atoms with Crippen molar-refractivity contribution >= 4 is 27.2 Å². The predicted octanol–water partition coefficient (Wildman–Crippen LogP) is 3.99. The quantitative estimate of drug-likeness (QED) is 0.594. The first kappa shape index (κ1) is 19.9. The van der Waals surface area contributed by atoms with Crippen LogP contribution >= 0.6 is 11.3 Å². The highest BCUT2D eigenvalue weighted by Gasteiger charge is 2.39. The fourth-order valence-electron chi connectivity index (χ4n) is 5.21. The normalized spacial score (nSPS) is 21.8. The van der Waals surface area contributed by atoms with Crippen LogP contribution < -0.4 is 10.3 Å². The molecule has 2 fully saturated rings. The molecule has 30 heavy (non-hydrogen) atoms. The lowest BCUT2D eigenvalue weighted by atomic mass is 10.0. The zero-order valence-corrected chi connectivity index (χ0v) is 19.0. The minimum Gasteiger partial charge on any atom is -0.383 e. The van der Waals surface area contributed by atoms with Gasteiger partial charge in [0.05, 0.1) is 27.4 Å². The first-order chi connectivity index (χ1) is 14.5. The summed E-state index contributed by atoms with van der Waals surface area (Å²) in [6, 6.07) is 7.87. The molecule has 5 nitrogen and oxygen atoms in total. The van der Waals surface area contributed by atoms with Gasteiger partial charge in [0.2, 0.25) is 0 Å². The summed E-state index contributed by atoms with van der Waals surface area (Å²) in [7, 11) is 1.78. The molecule has 158 valence electrons. The first-order valence-corrected chi connectivity index (χ1v) is 11.6. The number of anilines is 1. The fraction of sp³-hybridized carbons (Fsp3) is 0.500. The molecule has 0 amide bonds. The van der Waals surface area contributed by atoms with Crippen molar-refractivity contribution in [3.63, 3.8) is 0 Å². The van der Waals surface area contributed by atoms with E-state index in [9.17, 15) is 4.79 Å². The van der Waals surface area contributed by atoms with E-state index in [2.05, 4.69) is 28.0 Å². The third-order valence-corrected chi connectivity index (χ3v) is 8.34. The molecule has 0 N–H and O–H groups in total. The summed E-state index contributed by atoms with van der Waals surface area (Å²) in [5, 5.41) is 0. The van der Waals surface area contributed by atoms with E-state index in [1.54, 1.807) is 18.4 Å². The van der Waals surface area contributed by atoms with Crippen LogP contribution in [0.25, 0.3) is 20.8 Å². The summed E-state index contributed by atoms with van der Waals surface area (Å²) >= 11 is 1.71. The molecule has 1 aliphatic carbocycles. The van der Waals surface area contributed by atoms with Crippen LogP contribution in [0.3, 0.4) is 0 Å². The second-order valence-electron chi connectivity index (χ2n) is 8.77. The van der Waals surface area contributed by atoms with E-state index in [1.165, 1.54) is 18.5 Å². The van der Waals surface area contributed by atoms with Crippen molar-refractivity contribution in [2.24, 2.45) is 0 Å². The Morgan fingerprint density at radius 1 is 1.10 bits per heavy atom. The Bertz CT molecular complexity index is 1130. The Morgan fingerprint density at radius 3 is 2.53 bits per heavy atom. The van der Waals surface area contributed by atoms with Crippen LogP contribution in [0.15, 0.2) is 23.0 Å². The molecule has 3 aliphatic heterocycles. The number of benzene rings is 2. The van der Waals surface area contributed by atoms with E-state index in [0.29, 0.717) is 12.1 Å². The molecule has 0 aromatic heterocycles. The summed E-state index contributed by atoms with van der Waals surface area (Å²) in [4.78, 5) is 23.7. The van der Waals surface area contributed by atoms with Crippen LogP contribution in [0.5, 0.6) is 0 Å². The number of hydrogen-bond acceptors (Lipinski definition) is 6. The Morgan fingerprint density at radius 2 is 1.83 bits per heavy atom. The number of rotatable bonds is 4. The smallest absolute Gasteiger partial charge is 0.186 e. The Hall–Kier alpha value is -2.02. The number of hydrogen-bond donors (Lipinski definition) is 0. The topological polar surface area (TPSA) is 45.7 Å². The lowest BCUT2D eigenvalue weighted by Crippen LogP contribution is -2.54. The maximum Gasteiger partial charge on any atom is 0.186 e. The molecule has 4 aliphatic rings. The molecule has 0 unspecified atom stereocenters. The van der Waals surface area contributed by atoms with E-state index < -0.39 is 0 Å². The van der Waals surface area contributed by atoms with Crippen molar-refractivity contribution in [3.05, 3.63) is 45.1 Å². The first-order valence-electron chi connectivity index (χ1n) is 10.8. The van der Waals surface area contributed by atoms with Gasteiger partial charge in [-0.3, -0.25) is 9.69 Å². The molecule has 0 spiro atoms. The van der Waals surface area contributed by atoms with Gasteiger partial charge in [-0.2, -0.15) is 0 Å². The van der Waals surface area contributed by atoms with Gasteiger partial charge in [-0.1, -0.05) is 0 Å². The summed E-state index contributed by atoms with van der Waals surface area (Å²) in [6.45, 7) is 9.83. The minimum absolute atomic E-state index is 0.150. The number of methoxy groups -OCH3 is 1. The average molecular weight is 424 g/mol. The highest BCUT2D eigenvalue weighted by molar-refractivity contribution is 7.21. The van der Waals surface area contributed by atoms with Gasteiger partial charge in [-0.05, 0) is 57.4 Å². The van der Waals surface area contributed by atoms with E-state index in [1.807, 2.05) is 20.8 Å². The van der Waals surface area contributed by atoms with Gasteiger partial charge in [0.1, 0.15) is 0 Å². The zero-order chi connectivity index (χ0) is 21.0. The SMILES string of the molecule is COCCN1[C@@H]2CC[C@H]1CN(c1ccc3nc4c(C)c(C)c(=O)c(C)c-4sc3c1)C2. The van der Waals surface area contributed by atoms with Gasteiger partial charge in [0, 0.05) is 55.6 Å². The number of fused-ring (bicyclic) bond motifs is 4. The van der Waals surface area contributed by atoms with E-state index in [0.717, 1.165) is 63.7 Å². The molecule has 2 saturated heterocycles. The van der Waals surface area contributed by atoms with Gasteiger partial charge in [0.25, 0.3) is 0 Å². The predicted molar refractivity (Wildman–Crippen MR) is 124 cm³/mol. The zero-order valence-electron chi connectivity index (χ0n) is 18.2. The summed E-state index contributed by atoms with van der Waals surface area (Å²) in [6.07, 6.45) is 2.55. The van der Waals surface area contributed by atoms with Gasteiger partial charge < -0.3 is 9.64 Å². The molecule has 6 heteroatoms. The molecule has 2 bridgehead atoms. The molecule has 1 aromatic carbocycles. The molecule has 0 saturated carbocycles. The average Bonchev–Trinajstić information content (AvgIpc) is 2.99. The molecule has 3 heterocycles. The standard InChI is InChI=1S/C24H29N3O2S/c1-14-15(2)23(28)16(3)24-22(14)25-20-8-7-17(11-21(20)30-24)26-12-18-5-6-19(13-26)27(18)9-10-29-4/h7-8,11,18-19H,5-6,9-10,12-13H2,1-4H3/t18-,19+. The Labute approximate surface area is 181 Å². The highest BCUT2D eigenvalue weighted by atomic mass is 32.1. The van der Waals surface area contributed by atoms with Crippen LogP contribution in [0.1, 0.15) is 29.5 Å². The van der Waals surface area contributed by atoms with Crippen molar-refractivity contribution in [1.29, 1.82) is 0 Å². The second-order valence-corrected chi connectivity index (χ2v) is 9.82. The van der Waals surface area contributed by atoms with E-state index in [-0.39, 0.29) is 5.43 Å². The minimum atomic E-state index is 0.150. The molecular formula is C24H29N3O2S. The molecular weight excluding hydrogens is 394 g/mol. The monoisotopic (exact) mass is 423 g/mol. The Balaban J connectivity index is 1.51. The number of piperazine rings is 1. The fourth-order valence-corrected chi connectivity index (χ4v) is 6.37. The van der Waals surface area contributed by atoms with Crippen molar-refractivity contribution in [1.82, 2.24) is 9.88 Å². The maximum absolute atomic E-state index is 12.6. The lowest BCUT2D eigenvalue weighted by Gasteiger charge is -2.42. The third-order valence-electron chi connectivity index (χ3n) is 7.09. The van der Waals surface area contributed by atoms with Gasteiger partial charge in [0.15, 0.2) is 5.43 Å². The van der Waals surface area contributed by atoms with Crippen LogP contribution in [-0.4, -0.2) is 55.3 Å². The van der Waals surface area contributed by atoms with Crippen LogP contribution in [0, 0.1) is 20.8 Å². The van der Waals surface area contributed by atoms with Gasteiger partial charge in [-0.25, -0.2) is 4.98 Å². The number of aromatic nitrogens is 1. The van der Waals surface area contributed by atoms with Crippen molar-refractivity contribution in [2.75, 3.05) is 38.3 Å². The summed E-state index contributed by atoms with van der Waals surface area (Å²) in [5.41, 5.74) is 6.05. The third kappa shape index (κ3) is 3.13. The Kier molecular flexibility index (Phi) is 5.04. The highest BCUT2D eigenvalue weighted by Crippen LogP contribution is 2.38. The van der Waals surface area contributed by atoms with Crippen LogP contribution in [0.2, 0.25) is 0 Å². The van der Waals surface area contributed by atoms with E-state index in [4.69, 9.17) is 9.72 Å². The lowest BCUT2D eigenvalue weighted by molar-refractivity contribution is 0.106. The molecule has 5 rings (SSSR count). The summed E-state index contributed by atoms with van der Waals surface area (Å²) in [5.74, 6) is 0. The van der Waals surface area contributed by atoms with Gasteiger partial charge >= 0.3 is 0 Å². The molecule has 1 aromatic rings. The van der Waals surface area contributed by atoms with Gasteiger partial charge in [-0.15, -0.1) is 11.3 Å². The van der Waals surface area contributed by atoms with Crippen LogP contribution in [-0.2, 0) is 4.74 Å². The van der Waals surface area contributed by atoms with Crippen molar-refractivity contribution in [3.8, 4) is 10.6 Å². The van der Waals surface area contributed by atoms with Crippen molar-refractivity contribution < 1.29 is 4.74 Å².